The van der Waals surface area contributed by atoms with Gasteiger partial charge in [-0.2, -0.15) is 0 Å². The van der Waals surface area contributed by atoms with E-state index >= 15 is 0 Å². The van der Waals surface area contributed by atoms with Gasteiger partial charge in [0.15, 0.2) is 0 Å². The van der Waals surface area contributed by atoms with E-state index < -0.39 is 0 Å². The molecule has 0 saturated carbocycles. The van der Waals surface area contributed by atoms with Crippen molar-refractivity contribution in [2.75, 3.05) is 11.9 Å². The monoisotopic (exact) mass is 232 g/mol. The molecular formula is C9H10BrFO. The average molecular weight is 233 g/mol. The summed E-state index contributed by atoms with van der Waals surface area (Å²) in [7, 11) is 0. The van der Waals surface area contributed by atoms with Crippen LogP contribution in [0.25, 0.3) is 0 Å². The fraction of sp³-hybridized carbons (Fsp3) is 0.333. The van der Waals surface area contributed by atoms with Gasteiger partial charge in [0.25, 0.3) is 0 Å². The standard InChI is InChI=1S/C9H10BrFO/c10-5-6-12-7-8-1-3-9(11)4-2-8/h1-4H,5-7H2. The van der Waals surface area contributed by atoms with Gasteiger partial charge in [0.1, 0.15) is 5.82 Å². The fourth-order valence-corrected chi connectivity index (χ4v) is 1.05. The molecule has 1 nitrogen and oxygen atoms in total. The smallest absolute Gasteiger partial charge is 0.123 e. The molecule has 0 spiro atoms. The lowest BCUT2D eigenvalue weighted by molar-refractivity contribution is 0.137. The van der Waals surface area contributed by atoms with Gasteiger partial charge in [-0.05, 0) is 17.7 Å². The number of hydrogen-bond acceptors (Lipinski definition) is 1. The zero-order chi connectivity index (χ0) is 8.81. The molecule has 66 valence electrons. The minimum atomic E-state index is -0.209. The molecule has 1 aromatic rings. The van der Waals surface area contributed by atoms with E-state index in [1.165, 1.54) is 12.1 Å². The molecule has 1 rings (SSSR count). The molecule has 0 atom stereocenters. The molecule has 12 heavy (non-hydrogen) atoms. The summed E-state index contributed by atoms with van der Waals surface area (Å²) < 4.78 is 17.7. The first-order valence-corrected chi connectivity index (χ1v) is 4.83. The van der Waals surface area contributed by atoms with Crippen molar-refractivity contribution < 1.29 is 9.13 Å². The van der Waals surface area contributed by atoms with Crippen molar-refractivity contribution in [1.29, 1.82) is 0 Å². The molecule has 0 saturated heterocycles. The van der Waals surface area contributed by atoms with Crippen molar-refractivity contribution >= 4 is 15.9 Å². The lowest BCUT2D eigenvalue weighted by Crippen LogP contribution is -1.95. The number of hydrogen-bond donors (Lipinski definition) is 0. The highest BCUT2D eigenvalue weighted by molar-refractivity contribution is 9.09. The molecule has 0 amide bonds. The number of benzene rings is 1. The van der Waals surface area contributed by atoms with Gasteiger partial charge in [-0.3, -0.25) is 0 Å². The molecular weight excluding hydrogens is 223 g/mol. The number of rotatable bonds is 4. The minimum Gasteiger partial charge on any atom is -0.376 e. The van der Waals surface area contributed by atoms with E-state index in [4.69, 9.17) is 4.74 Å². The molecule has 3 heteroatoms. The van der Waals surface area contributed by atoms with E-state index in [9.17, 15) is 4.39 Å². The van der Waals surface area contributed by atoms with Crippen LogP contribution in [-0.4, -0.2) is 11.9 Å². The molecule has 0 fully saturated rings. The third-order valence-electron chi connectivity index (χ3n) is 1.40. The Labute approximate surface area is 79.7 Å². The Bertz CT molecular complexity index is 222. The Kier molecular flexibility index (Phi) is 4.25. The van der Waals surface area contributed by atoms with Crippen LogP contribution in [0, 0.1) is 5.82 Å². The van der Waals surface area contributed by atoms with E-state index in [1.54, 1.807) is 12.1 Å². The number of halogens is 2. The molecule has 0 aromatic heterocycles. The van der Waals surface area contributed by atoms with Gasteiger partial charge in [0, 0.05) is 5.33 Å². The molecule has 0 aliphatic heterocycles. The number of ether oxygens (including phenoxy) is 1. The van der Waals surface area contributed by atoms with Gasteiger partial charge >= 0.3 is 0 Å². The third-order valence-corrected chi connectivity index (χ3v) is 1.73. The van der Waals surface area contributed by atoms with E-state index in [0.29, 0.717) is 13.2 Å². The predicted molar refractivity (Wildman–Crippen MR) is 49.9 cm³/mol. The lowest BCUT2D eigenvalue weighted by atomic mass is 10.2. The van der Waals surface area contributed by atoms with Gasteiger partial charge in [-0.1, -0.05) is 28.1 Å². The third kappa shape index (κ3) is 3.32. The van der Waals surface area contributed by atoms with Crippen molar-refractivity contribution in [3.63, 3.8) is 0 Å². The maximum atomic E-state index is 12.4. The van der Waals surface area contributed by atoms with Crippen molar-refractivity contribution in [3.05, 3.63) is 35.6 Å². The van der Waals surface area contributed by atoms with Gasteiger partial charge in [-0.15, -0.1) is 0 Å². The Hall–Kier alpha value is -0.410. The zero-order valence-electron chi connectivity index (χ0n) is 6.59. The highest BCUT2D eigenvalue weighted by atomic mass is 79.9. The Morgan fingerprint density at radius 3 is 2.50 bits per heavy atom. The second kappa shape index (κ2) is 5.27. The van der Waals surface area contributed by atoms with Crippen LogP contribution in [0.1, 0.15) is 5.56 Å². The van der Waals surface area contributed by atoms with Crippen molar-refractivity contribution in [1.82, 2.24) is 0 Å². The van der Waals surface area contributed by atoms with Gasteiger partial charge in [-0.25, -0.2) is 4.39 Å². The maximum absolute atomic E-state index is 12.4. The Morgan fingerprint density at radius 1 is 1.25 bits per heavy atom. The summed E-state index contributed by atoms with van der Waals surface area (Å²) in [6, 6.07) is 6.33. The van der Waals surface area contributed by atoms with Crippen LogP contribution in [0.4, 0.5) is 4.39 Å². The van der Waals surface area contributed by atoms with Crippen molar-refractivity contribution in [2.45, 2.75) is 6.61 Å². The fourth-order valence-electron chi connectivity index (χ4n) is 0.825. The number of alkyl halides is 1. The summed E-state index contributed by atoms with van der Waals surface area (Å²) in [5.74, 6) is -0.209. The normalized spacial score (nSPS) is 10.2. The summed E-state index contributed by atoms with van der Waals surface area (Å²) in [5, 5.41) is 0.828. The molecule has 0 aliphatic carbocycles. The minimum absolute atomic E-state index is 0.209. The predicted octanol–water partition coefficient (Wildman–Crippen LogP) is 2.74. The van der Waals surface area contributed by atoms with Crippen LogP contribution in [0.15, 0.2) is 24.3 Å². The summed E-state index contributed by atoms with van der Waals surface area (Å²) in [6.45, 7) is 1.23. The Morgan fingerprint density at radius 2 is 1.92 bits per heavy atom. The van der Waals surface area contributed by atoms with Gasteiger partial charge in [0.2, 0.25) is 0 Å². The molecule has 0 bridgehead atoms. The van der Waals surface area contributed by atoms with Crippen LogP contribution in [0.3, 0.4) is 0 Å². The largest absolute Gasteiger partial charge is 0.376 e. The highest BCUT2D eigenvalue weighted by Crippen LogP contribution is 2.03. The van der Waals surface area contributed by atoms with Gasteiger partial charge < -0.3 is 4.74 Å². The SMILES string of the molecule is Fc1ccc(COCCBr)cc1. The molecule has 0 aliphatic rings. The lowest BCUT2D eigenvalue weighted by Gasteiger charge is -2.01. The first-order chi connectivity index (χ1) is 5.83. The quantitative estimate of drug-likeness (QED) is 0.573. The Balaban J connectivity index is 2.37. The van der Waals surface area contributed by atoms with Crippen LogP contribution in [0.2, 0.25) is 0 Å². The van der Waals surface area contributed by atoms with E-state index in [2.05, 4.69) is 15.9 Å². The second-order valence-electron chi connectivity index (χ2n) is 2.37. The van der Waals surface area contributed by atoms with E-state index in [-0.39, 0.29) is 5.82 Å². The second-order valence-corrected chi connectivity index (χ2v) is 3.16. The molecule has 0 heterocycles. The van der Waals surface area contributed by atoms with Crippen molar-refractivity contribution in [3.8, 4) is 0 Å². The maximum Gasteiger partial charge on any atom is 0.123 e. The summed E-state index contributed by atoms with van der Waals surface area (Å²) in [4.78, 5) is 0. The summed E-state index contributed by atoms with van der Waals surface area (Å²) in [6.07, 6.45) is 0. The first-order valence-electron chi connectivity index (χ1n) is 3.71. The van der Waals surface area contributed by atoms with Crippen molar-refractivity contribution in [2.24, 2.45) is 0 Å². The molecule has 0 unspecified atom stereocenters. The van der Waals surface area contributed by atoms with E-state index in [0.717, 1.165) is 10.9 Å². The average Bonchev–Trinajstić information content (AvgIpc) is 2.09. The van der Waals surface area contributed by atoms with Gasteiger partial charge in [0.05, 0.1) is 13.2 Å². The zero-order valence-corrected chi connectivity index (χ0v) is 8.18. The molecule has 1 aromatic carbocycles. The molecule has 0 radical (unpaired) electrons. The van der Waals surface area contributed by atoms with E-state index in [1.807, 2.05) is 0 Å². The highest BCUT2D eigenvalue weighted by Gasteiger charge is 1.92. The summed E-state index contributed by atoms with van der Waals surface area (Å²) >= 11 is 3.25. The van der Waals surface area contributed by atoms with Crippen LogP contribution >= 0.6 is 15.9 Å². The first kappa shape index (κ1) is 9.68. The van der Waals surface area contributed by atoms with Crippen LogP contribution in [0.5, 0.6) is 0 Å². The van der Waals surface area contributed by atoms with Crippen LogP contribution < -0.4 is 0 Å². The topological polar surface area (TPSA) is 9.23 Å². The summed E-state index contributed by atoms with van der Waals surface area (Å²) in [5.41, 5.74) is 0.998. The molecule has 0 N–H and O–H groups in total. The van der Waals surface area contributed by atoms with Crippen LogP contribution in [-0.2, 0) is 11.3 Å².